The topological polar surface area (TPSA) is 12.9 Å². The van der Waals surface area contributed by atoms with Gasteiger partial charge in [0.2, 0.25) is 0 Å². The molecule has 3 heteroatoms. The van der Waals surface area contributed by atoms with Crippen LogP contribution >= 0.6 is 20.8 Å². The van der Waals surface area contributed by atoms with Gasteiger partial charge in [-0.05, 0) is 5.56 Å². The first-order valence-electron chi connectivity index (χ1n) is 6.32. The van der Waals surface area contributed by atoms with Gasteiger partial charge in [0, 0.05) is 22.6 Å². The highest BCUT2D eigenvalue weighted by atomic mass is 35.5. The third-order valence-corrected chi connectivity index (χ3v) is 4.34. The number of hydrogen-bond donors (Lipinski definition) is 0. The van der Waals surface area contributed by atoms with Crippen LogP contribution in [0.5, 0.6) is 0 Å². The Kier molecular flexibility index (Phi) is 3.82. The number of aromatic nitrogens is 1. The van der Waals surface area contributed by atoms with Crippen LogP contribution in [0.2, 0.25) is 5.02 Å². The molecular formula is C17H13ClNP. The average Bonchev–Trinajstić information content (AvgIpc) is 2.52. The third-order valence-electron chi connectivity index (χ3n) is 3.18. The Hall–Kier alpha value is -1.69. The second-order valence-corrected chi connectivity index (χ2v) is 5.44. The van der Waals surface area contributed by atoms with E-state index in [4.69, 9.17) is 11.6 Å². The minimum Gasteiger partial charge on any atom is -0.255 e. The van der Waals surface area contributed by atoms with Crippen molar-refractivity contribution in [1.29, 1.82) is 0 Å². The lowest BCUT2D eigenvalue weighted by atomic mass is 10.1. The standard InChI is InChI=1S/C17H13ClNP/c18-15-14(12-7-3-1-4-8-12)11-19-16(17(15)20)13-9-5-2-6-10-13/h1-11H,20H2. The van der Waals surface area contributed by atoms with Crippen molar-refractivity contribution in [3.63, 3.8) is 0 Å². The van der Waals surface area contributed by atoms with E-state index in [-0.39, 0.29) is 0 Å². The first-order chi connectivity index (χ1) is 9.77. The summed E-state index contributed by atoms with van der Waals surface area (Å²) in [7, 11) is 2.71. The van der Waals surface area contributed by atoms with E-state index in [9.17, 15) is 0 Å². The van der Waals surface area contributed by atoms with E-state index < -0.39 is 0 Å². The maximum absolute atomic E-state index is 6.52. The minimum atomic E-state index is 0.732. The Balaban J connectivity index is 2.13. The maximum Gasteiger partial charge on any atom is 0.0788 e. The Bertz CT molecular complexity index is 662. The molecule has 0 saturated heterocycles. The molecule has 0 amide bonds. The molecule has 0 aliphatic heterocycles. The molecular weight excluding hydrogens is 285 g/mol. The summed E-state index contributed by atoms with van der Waals surface area (Å²) in [4.78, 5) is 4.58. The van der Waals surface area contributed by atoms with Gasteiger partial charge in [0.1, 0.15) is 0 Å². The van der Waals surface area contributed by atoms with Gasteiger partial charge in [0.25, 0.3) is 0 Å². The molecule has 2 aromatic carbocycles. The summed E-state index contributed by atoms with van der Waals surface area (Å²) in [6.07, 6.45) is 1.84. The molecule has 1 unspecified atom stereocenters. The number of hydrogen-bond acceptors (Lipinski definition) is 1. The molecule has 1 nitrogen and oxygen atoms in total. The number of nitrogens with zero attached hydrogens (tertiary/aromatic N) is 1. The summed E-state index contributed by atoms with van der Waals surface area (Å²) < 4.78 is 0. The summed E-state index contributed by atoms with van der Waals surface area (Å²) in [6.45, 7) is 0. The van der Waals surface area contributed by atoms with Gasteiger partial charge in [-0.3, -0.25) is 4.98 Å². The molecule has 0 bridgehead atoms. The molecule has 1 heterocycles. The Morgan fingerprint density at radius 1 is 0.800 bits per heavy atom. The fourth-order valence-electron chi connectivity index (χ4n) is 2.15. The fourth-order valence-corrected chi connectivity index (χ4v) is 2.79. The van der Waals surface area contributed by atoms with Gasteiger partial charge in [0.05, 0.1) is 10.7 Å². The van der Waals surface area contributed by atoms with Crippen molar-refractivity contribution < 1.29 is 0 Å². The lowest BCUT2D eigenvalue weighted by Gasteiger charge is -2.11. The van der Waals surface area contributed by atoms with E-state index >= 15 is 0 Å². The Morgan fingerprint density at radius 3 is 1.95 bits per heavy atom. The van der Waals surface area contributed by atoms with E-state index in [0.717, 1.165) is 32.7 Å². The van der Waals surface area contributed by atoms with Crippen molar-refractivity contribution in [3.05, 3.63) is 71.9 Å². The van der Waals surface area contributed by atoms with Crippen molar-refractivity contribution in [2.75, 3.05) is 0 Å². The monoisotopic (exact) mass is 297 g/mol. The van der Waals surface area contributed by atoms with E-state index in [1.807, 2.05) is 66.9 Å². The molecule has 0 aliphatic carbocycles. The van der Waals surface area contributed by atoms with Crippen molar-refractivity contribution in [2.45, 2.75) is 0 Å². The zero-order valence-corrected chi connectivity index (χ0v) is 12.7. The highest BCUT2D eigenvalue weighted by Gasteiger charge is 2.12. The zero-order valence-electron chi connectivity index (χ0n) is 10.8. The summed E-state index contributed by atoms with van der Waals surface area (Å²) in [6, 6.07) is 20.1. The molecule has 0 N–H and O–H groups in total. The Morgan fingerprint density at radius 2 is 1.35 bits per heavy atom. The highest BCUT2D eigenvalue weighted by Crippen LogP contribution is 2.30. The van der Waals surface area contributed by atoms with Crippen LogP contribution in [0, 0.1) is 0 Å². The van der Waals surface area contributed by atoms with E-state index in [1.54, 1.807) is 0 Å². The van der Waals surface area contributed by atoms with Crippen LogP contribution in [0.4, 0.5) is 0 Å². The summed E-state index contributed by atoms with van der Waals surface area (Å²) in [5.74, 6) is 0. The molecule has 0 radical (unpaired) electrons. The quantitative estimate of drug-likeness (QED) is 0.631. The summed E-state index contributed by atoms with van der Waals surface area (Å²) in [5.41, 5.74) is 4.00. The van der Waals surface area contributed by atoms with Crippen molar-refractivity contribution in [2.24, 2.45) is 0 Å². The van der Waals surface area contributed by atoms with E-state index in [0.29, 0.717) is 0 Å². The molecule has 0 spiro atoms. The van der Waals surface area contributed by atoms with Gasteiger partial charge >= 0.3 is 0 Å². The number of pyridine rings is 1. The van der Waals surface area contributed by atoms with Crippen LogP contribution in [0.1, 0.15) is 0 Å². The van der Waals surface area contributed by atoms with Gasteiger partial charge in [-0.2, -0.15) is 0 Å². The number of benzene rings is 2. The van der Waals surface area contributed by atoms with Gasteiger partial charge in [-0.1, -0.05) is 72.3 Å². The molecule has 0 saturated carbocycles. The predicted molar refractivity (Wildman–Crippen MR) is 89.5 cm³/mol. The molecule has 20 heavy (non-hydrogen) atoms. The van der Waals surface area contributed by atoms with Crippen molar-refractivity contribution in [1.82, 2.24) is 4.98 Å². The van der Waals surface area contributed by atoms with Crippen LogP contribution in [0.15, 0.2) is 66.9 Å². The van der Waals surface area contributed by atoms with Gasteiger partial charge in [0.15, 0.2) is 0 Å². The van der Waals surface area contributed by atoms with Crippen LogP contribution < -0.4 is 5.30 Å². The molecule has 3 aromatic rings. The first kappa shape index (κ1) is 13.3. The number of rotatable bonds is 2. The van der Waals surface area contributed by atoms with E-state index in [2.05, 4.69) is 14.2 Å². The minimum absolute atomic E-state index is 0.732. The predicted octanol–water partition coefficient (Wildman–Crippen LogP) is 4.57. The lowest BCUT2D eigenvalue weighted by Crippen LogP contribution is -2.03. The van der Waals surface area contributed by atoms with Crippen LogP contribution in [0.3, 0.4) is 0 Å². The molecule has 0 aliphatic rings. The Labute approximate surface area is 125 Å². The summed E-state index contributed by atoms with van der Waals surface area (Å²) in [5, 5.41) is 1.66. The third kappa shape index (κ3) is 2.47. The smallest absolute Gasteiger partial charge is 0.0788 e. The van der Waals surface area contributed by atoms with Crippen molar-refractivity contribution in [3.8, 4) is 22.4 Å². The van der Waals surface area contributed by atoms with Gasteiger partial charge in [-0.15, -0.1) is 9.24 Å². The zero-order chi connectivity index (χ0) is 13.9. The second kappa shape index (κ2) is 5.75. The first-order valence-corrected chi connectivity index (χ1v) is 7.27. The van der Waals surface area contributed by atoms with E-state index in [1.165, 1.54) is 0 Å². The molecule has 0 fully saturated rings. The normalized spacial score (nSPS) is 10.5. The second-order valence-electron chi connectivity index (χ2n) is 4.48. The summed E-state index contributed by atoms with van der Waals surface area (Å²) >= 11 is 6.52. The molecule has 3 rings (SSSR count). The number of halogens is 1. The van der Waals surface area contributed by atoms with Gasteiger partial charge < -0.3 is 0 Å². The lowest BCUT2D eigenvalue weighted by molar-refractivity contribution is 1.34. The highest BCUT2D eigenvalue weighted by molar-refractivity contribution is 7.28. The van der Waals surface area contributed by atoms with Crippen LogP contribution in [0.25, 0.3) is 22.4 Å². The molecule has 1 atom stereocenters. The maximum atomic E-state index is 6.52. The molecule has 1 aromatic heterocycles. The van der Waals surface area contributed by atoms with Crippen LogP contribution in [-0.2, 0) is 0 Å². The SMILES string of the molecule is Pc1c(-c2ccccc2)ncc(-c2ccccc2)c1Cl. The molecule has 98 valence electrons. The van der Waals surface area contributed by atoms with Crippen molar-refractivity contribution >= 4 is 26.1 Å². The van der Waals surface area contributed by atoms with Crippen LogP contribution in [-0.4, -0.2) is 4.98 Å². The van der Waals surface area contributed by atoms with Gasteiger partial charge in [-0.25, -0.2) is 0 Å². The average molecular weight is 298 g/mol. The largest absolute Gasteiger partial charge is 0.255 e. The fraction of sp³-hybridized carbons (Fsp3) is 0.